The number of amides is 1. The summed E-state index contributed by atoms with van der Waals surface area (Å²) >= 11 is 0. The molecule has 0 aliphatic heterocycles. The minimum absolute atomic E-state index is 0.0795. The maximum Gasteiger partial charge on any atom is 0.222 e. The molecule has 1 radical (unpaired) electrons. The zero-order valence-electron chi connectivity index (χ0n) is 6.89. The molecule has 0 atom stereocenters. The van der Waals surface area contributed by atoms with Crippen molar-refractivity contribution in [2.24, 2.45) is 5.92 Å². The van der Waals surface area contributed by atoms with Crippen molar-refractivity contribution in [3.05, 3.63) is 0 Å². The molecular formula is C8H15N2O. The summed E-state index contributed by atoms with van der Waals surface area (Å²) in [4.78, 5) is 11.1. The molecule has 0 unspecified atom stereocenters. The number of carbonyl (C=O) groups excluding carboxylic acids is 1. The number of rotatable bonds is 1. The maximum absolute atomic E-state index is 11.1. The molecule has 11 heavy (non-hydrogen) atoms. The van der Waals surface area contributed by atoms with E-state index in [9.17, 15) is 4.79 Å². The monoisotopic (exact) mass is 155 g/mol. The van der Waals surface area contributed by atoms with Gasteiger partial charge in [0.1, 0.15) is 0 Å². The van der Waals surface area contributed by atoms with Gasteiger partial charge in [-0.1, -0.05) is 0 Å². The second-order valence-corrected chi connectivity index (χ2v) is 3.16. The Bertz CT molecular complexity index is 139. The lowest BCUT2D eigenvalue weighted by Gasteiger charge is -2.23. The summed E-state index contributed by atoms with van der Waals surface area (Å²) in [5, 5.41) is 2.65. The van der Waals surface area contributed by atoms with Crippen LogP contribution in [0.3, 0.4) is 0 Å². The summed E-state index contributed by atoms with van der Waals surface area (Å²) in [6, 6.07) is 0.0795. The van der Waals surface area contributed by atoms with Gasteiger partial charge in [-0.3, -0.25) is 10.5 Å². The first kappa shape index (κ1) is 8.53. The average Bonchev–Trinajstić information content (AvgIpc) is 2.05. The standard InChI is InChI=1S/C8H15N2O/c1-10-8(11)6-2-4-7(9)5-3-6/h6-7,9H,2-5H2,1H3,(H,10,11)/t6-,7-. The smallest absolute Gasteiger partial charge is 0.222 e. The molecule has 2 N–H and O–H groups in total. The molecule has 0 spiro atoms. The van der Waals surface area contributed by atoms with E-state index in [1.165, 1.54) is 0 Å². The van der Waals surface area contributed by atoms with E-state index in [0.29, 0.717) is 0 Å². The molecule has 0 aromatic rings. The van der Waals surface area contributed by atoms with Gasteiger partial charge < -0.3 is 5.32 Å². The average molecular weight is 155 g/mol. The number of hydrogen-bond donors (Lipinski definition) is 1. The van der Waals surface area contributed by atoms with Crippen molar-refractivity contribution in [1.82, 2.24) is 11.1 Å². The van der Waals surface area contributed by atoms with Gasteiger partial charge in [-0.25, -0.2) is 0 Å². The van der Waals surface area contributed by atoms with Gasteiger partial charge in [-0.2, -0.15) is 0 Å². The third-order valence-corrected chi connectivity index (χ3v) is 2.34. The molecule has 1 fully saturated rings. The van der Waals surface area contributed by atoms with Crippen LogP contribution in [0.15, 0.2) is 0 Å². The zero-order chi connectivity index (χ0) is 8.27. The van der Waals surface area contributed by atoms with Crippen molar-refractivity contribution in [2.75, 3.05) is 7.05 Å². The van der Waals surface area contributed by atoms with Crippen LogP contribution >= 0.6 is 0 Å². The number of carbonyl (C=O) groups is 1. The largest absolute Gasteiger partial charge is 0.359 e. The molecule has 0 aromatic carbocycles. The van der Waals surface area contributed by atoms with Crippen molar-refractivity contribution in [1.29, 1.82) is 0 Å². The predicted octanol–water partition coefficient (Wildman–Crippen LogP) is 0.574. The quantitative estimate of drug-likeness (QED) is 0.591. The Kier molecular flexibility index (Phi) is 2.88. The first-order valence-electron chi connectivity index (χ1n) is 4.16. The highest BCUT2D eigenvalue weighted by atomic mass is 16.1. The Hall–Kier alpha value is -0.570. The van der Waals surface area contributed by atoms with E-state index < -0.39 is 0 Å². The Balaban J connectivity index is 2.33. The van der Waals surface area contributed by atoms with Crippen molar-refractivity contribution < 1.29 is 4.79 Å². The molecule has 0 aromatic heterocycles. The van der Waals surface area contributed by atoms with Gasteiger partial charge in [0, 0.05) is 19.0 Å². The molecule has 1 aliphatic rings. The fourth-order valence-corrected chi connectivity index (χ4v) is 1.56. The van der Waals surface area contributed by atoms with Crippen molar-refractivity contribution in [3.63, 3.8) is 0 Å². The summed E-state index contributed by atoms with van der Waals surface area (Å²) in [6.45, 7) is 0. The fourth-order valence-electron chi connectivity index (χ4n) is 1.56. The second-order valence-electron chi connectivity index (χ2n) is 3.16. The summed E-state index contributed by atoms with van der Waals surface area (Å²) in [5.74, 6) is 0.332. The SMILES string of the molecule is CNC(=O)[C@H]1CC[C@H]([NH])CC1. The minimum atomic E-state index is 0.0795. The highest BCUT2D eigenvalue weighted by Gasteiger charge is 2.23. The van der Waals surface area contributed by atoms with Crippen LogP contribution in [0.25, 0.3) is 0 Å². The summed E-state index contributed by atoms with van der Waals surface area (Å²) in [5.41, 5.74) is 7.43. The molecular weight excluding hydrogens is 140 g/mol. The topological polar surface area (TPSA) is 52.9 Å². The van der Waals surface area contributed by atoms with Crippen LogP contribution in [0.5, 0.6) is 0 Å². The normalized spacial score (nSPS) is 31.5. The summed E-state index contributed by atoms with van der Waals surface area (Å²) in [7, 11) is 1.68. The zero-order valence-corrected chi connectivity index (χ0v) is 6.89. The lowest BCUT2D eigenvalue weighted by molar-refractivity contribution is -0.125. The van der Waals surface area contributed by atoms with E-state index in [0.717, 1.165) is 25.7 Å². The van der Waals surface area contributed by atoms with Crippen LogP contribution in [0.4, 0.5) is 0 Å². The van der Waals surface area contributed by atoms with E-state index in [-0.39, 0.29) is 17.9 Å². The van der Waals surface area contributed by atoms with Crippen LogP contribution < -0.4 is 11.1 Å². The number of hydrogen-bond acceptors (Lipinski definition) is 1. The van der Waals surface area contributed by atoms with Crippen molar-refractivity contribution in [2.45, 2.75) is 31.7 Å². The number of nitrogens with one attached hydrogen (secondary N) is 2. The van der Waals surface area contributed by atoms with Crippen LogP contribution in [-0.4, -0.2) is 19.0 Å². The molecule has 3 heteroatoms. The van der Waals surface area contributed by atoms with Gasteiger partial charge >= 0.3 is 0 Å². The van der Waals surface area contributed by atoms with Gasteiger partial charge in [0.05, 0.1) is 0 Å². The van der Waals surface area contributed by atoms with E-state index in [1.807, 2.05) is 0 Å². The maximum atomic E-state index is 11.1. The lowest BCUT2D eigenvalue weighted by Crippen LogP contribution is -2.32. The molecule has 0 heterocycles. The van der Waals surface area contributed by atoms with E-state index >= 15 is 0 Å². The van der Waals surface area contributed by atoms with Gasteiger partial charge in [0.15, 0.2) is 0 Å². The fraction of sp³-hybridized carbons (Fsp3) is 0.875. The third-order valence-electron chi connectivity index (χ3n) is 2.34. The molecule has 1 aliphatic carbocycles. The van der Waals surface area contributed by atoms with Gasteiger partial charge in [-0.15, -0.1) is 0 Å². The Morgan fingerprint density at radius 2 is 1.91 bits per heavy atom. The highest BCUT2D eigenvalue weighted by molar-refractivity contribution is 5.78. The summed E-state index contributed by atoms with van der Waals surface area (Å²) in [6.07, 6.45) is 3.57. The molecule has 1 saturated carbocycles. The van der Waals surface area contributed by atoms with Crippen LogP contribution in [0, 0.1) is 5.92 Å². The highest BCUT2D eigenvalue weighted by Crippen LogP contribution is 2.23. The van der Waals surface area contributed by atoms with E-state index in [1.54, 1.807) is 7.05 Å². The minimum Gasteiger partial charge on any atom is -0.359 e. The second kappa shape index (κ2) is 3.72. The lowest BCUT2D eigenvalue weighted by atomic mass is 9.86. The van der Waals surface area contributed by atoms with Crippen LogP contribution in [0.1, 0.15) is 25.7 Å². The van der Waals surface area contributed by atoms with Crippen molar-refractivity contribution >= 4 is 5.91 Å². The molecule has 63 valence electrons. The Labute approximate surface area is 67.3 Å². The third kappa shape index (κ3) is 2.19. The molecule has 1 rings (SSSR count). The van der Waals surface area contributed by atoms with Crippen LogP contribution in [-0.2, 0) is 4.79 Å². The molecule has 3 nitrogen and oxygen atoms in total. The van der Waals surface area contributed by atoms with Crippen molar-refractivity contribution in [3.8, 4) is 0 Å². The van der Waals surface area contributed by atoms with Crippen LogP contribution in [0.2, 0.25) is 0 Å². The molecule has 0 bridgehead atoms. The van der Waals surface area contributed by atoms with E-state index in [2.05, 4.69) is 5.32 Å². The van der Waals surface area contributed by atoms with Gasteiger partial charge in [0.25, 0.3) is 0 Å². The first-order valence-corrected chi connectivity index (χ1v) is 4.16. The van der Waals surface area contributed by atoms with E-state index in [4.69, 9.17) is 5.73 Å². The molecule has 1 amide bonds. The van der Waals surface area contributed by atoms with Gasteiger partial charge in [-0.05, 0) is 25.7 Å². The Morgan fingerprint density at radius 1 is 1.36 bits per heavy atom. The predicted molar refractivity (Wildman–Crippen MR) is 42.9 cm³/mol. The Morgan fingerprint density at radius 3 is 2.36 bits per heavy atom. The van der Waals surface area contributed by atoms with Gasteiger partial charge in [0.2, 0.25) is 5.91 Å². The molecule has 0 saturated heterocycles. The first-order chi connectivity index (χ1) is 5.24. The summed E-state index contributed by atoms with van der Waals surface area (Å²) < 4.78 is 0.